The number of benzene rings is 2. The average molecular weight is 1720 g/mol. The molecular formula is C90H131F14O8PSi3. The number of rotatable bonds is 23. The van der Waals surface area contributed by atoms with Gasteiger partial charge in [0.05, 0.1) is 23.4 Å². The molecular weight excluding hydrogens is 1590 g/mol. The monoisotopic (exact) mass is 1720 g/mol. The van der Waals surface area contributed by atoms with Gasteiger partial charge >= 0.3 is 35.9 Å². The Morgan fingerprint density at radius 3 is 1.48 bits per heavy atom. The van der Waals surface area contributed by atoms with E-state index in [-0.39, 0.29) is 70.7 Å². The van der Waals surface area contributed by atoms with Crippen LogP contribution in [0.2, 0.25) is 57.4 Å². The third-order valence-corrected chi connectivity index (χ3v) is 35.5. The van der Waals surface area contributed by atoms with Crippen LogP contribution in [0.4, 0.5) is 61.5 Å². The van der Waals surface area contributed by atoms with Gasteiger partial charge in [0.25, 0.3) is 0 Å². The van der Waals surface area contributed by atoms with Crippen LogP contribution in [-0.2, 0) is 22.6 Å². The number of hydrogen-bond donors (Lipinski definition) is 3. The first kappa shape index (κ1) is 100. The number of carbonyl (C=O) groups is 1. The minimum Gasteiger partial charge on any atom is -0.413 e. The lowest BCUT2D eigenvalue weighted by Gasteiger charge is -2.49. The lowest BCUT2D eigenvalue weighted by Crippen LogP contribution is -2.61. The van der Waals surface area contributed by atoms with Crippen LogP contribution in [-0.4, -0.2) is 124 Å². The summed E-state index contributed by atoms with van der Waals surface area (Å²) >= 11 is 0. The maximum Gasteiger partial charge on any atom is 0.438 e. The smallest absolute Gasteiger partial charge is 0.413 e. The van der Waals surface area contributed by atoms with Crippen molar-refractivity contribution in [3.05, 3.63) is 120 Å². The van der Waals surface area contributed by atoms with Gasteiger partial charge < -0.3 is 33.2 Å². The Balaban J connectivity index is 0.000000273. The van der Waals surface area contributed by atoms with Crippen molar-refractivity contribution in [3.63, 3.8) is 0 Å². The number of ketones is 1. The molecule has 4 unspecified atom stereocenters. The minimum absolute atomic E-state index is 0.0212. The van der Waals surface area contributed by atoms with E-state index in [9.17, 15) is 86.1 Å². The summed E-state index contributed by atoms with van der Waals surface area (Å²) < 4.78 is 226. The molecule has 6 saturated carbocycles. The zero-order valence-electron chi connectivity index (χ0n) is 71.9. The molecule has 26 heteroatoms. The standard InChI is InChI=1S/C33H45F7O3.C30H50F6O3Si2.C27H36FO2PSi/c1-21-23(19-24(41)20-26(21)34)11-10-22-9-6-17-30(5)25(22)12-13-27(30)29(4,15-7-14-28(2,3)42)16-8-18-31(43,32(35,36)37)33(38,39)40;1-25(2,38-40(5,6)7)17-12-18-26(3,24-16-15-22-23(37)14-11-20-27(22,24)4)19-13-21-28(29(31,32)33,30(34,35)36)39-41(8,9)10;1-21-22(19-23(20-26(21)28)30-32(5,6)27(2,3)4)17-18-31(29,24-13-9-7-10-14-24)25-15-11-8-12-16-25/h10-11,24-27,41-43H,1,6-7,9,12-17,19-20H2,2-5H3;22,24H,11-12,14-20H2,1-10H3;7-17,23,26H,1,18-20H2,2-6H3/b22-10+,23-11-;;22-17-/t24-,25?,26+,27-,29?,30+;22?,24-,26?,27+;23-,26+/m111/s1. The van der Waals surface area contributed by atoms with Crippen LogP contribution in [0.25, 0.3) is 0 Å². The molecule has 0 aromatic heterocycles. The van der Waals surface area contributed by atoms with Gasteiger partial charge in [-0.15, -0.1) is 0 Å². The van der Waals surface area contributed by atoms with Crippen LogP contribution in [0.15, 0.2) is 120 Å². The predicted octanol–water partition coefficient (Wildman–Crippen LogP) is 25.0. The number of allylic oxidation sites excluding steroid dienone is 6. The van der Waals surface area contributed by atoms with E-state index in [2.05, 4.69) is 92.4 Å². The Kier molecular flexibility index (Phi) is 32.3. The van der Waals surface area contributed by atoms with Gasteiger partial charge in [0.2, 0.25) is 0 Å². The van der Waals surface area contributed by atoms with Crippen LogP contribution in [0.5, 0.6) is 0 Å². The van der Waals surface area contributed by atoms with E-state index in [1.807, 2.05) is 107 Å². The quantitative estimate of drug-likeness (QED) is 0.0435. The van der Waals surface area contributed by atoms with Crippen LogP contribution in [0.3, 0.4) is 0 Å². The molecule has 0 amide bonds. The molecule has 3 N–H and O–H groups in total. The van der Waals surface area contributed by atoms with E-state index < -0.39 is 108 Å². The second-order valence-corrected chi connectivity index (χ2v) is 56.2. The number of hydrogen-bond acceptors (Lipinski definition) is 8. The SMILES string of the molecule is C=C1/C(=C\C=C2/CCC[C@@]3(C)C2CC[C@@H]3C(C)(CC#CC(O)(C(F)(F)F)C(F)(F)F)CCCC(C)(C)O)C[C@@H](O)C[C@@H]1F.C=C1/C(=C\CP(=O)(c2ccccc2)c2ccccc2)C[C@@H](O[Si](C)(C)C(C)(C)C)C[C@@H]1F.CC(C)(CCCC(C)(CC#CC(O[Si](C)(C)C)(C(F)(F)F)C(F)(F)F)[C@H]1CCC2C(=O)CCC[C@@]21C)O[Si](C)(C)C. The topological polar surface area (TPSA) is 123 Å². The van der Waals surface area contributed by atoms with Crippen molar-refractivity contribution in [2.75, 3.05) is 6.16 Å². The molecule has 6 aliphatic rings. The average Bonchev–Trinajstić information content (AvgIpc) is 1.33. The molecule has 654 valence electrons. The molecule has 6 aliphatic carbocycles. The Morgan fingerprint density at radius 1 is 0.569 bits per heavy atom. The highest BCUT2D eigenvalue weighted by molar-refractivity contribution is 7.78. The first-order valence-corrected chi connectivity index (χ1v) is 52.7. The predicted molar refractivity (Wildman–Crippen MR) is 445 cm³/mol. The van der Waals surface area contributed by atoms with Gasteiger partial charge in [-0.1, -0.05) is 171 Å². The van der Waals surface area contributed by atoms with E-state index in [1.165, 1.54) is 19.6 Å². The number of alkyl halides is 14. The van der Waals surface area contributed by atoms with Crippen LogP contribution >= 0.6 is 7.14 Å². The lowest BCUT2D eigenvalue weighted by molar-refractivity contribution is -0.343. The number of halogens is 14. The normalized spacial score (nSPS) is 27.3. The molecule has 6 fully saturated rings. The Labute approximate surface area is 685 Å². The maximum atomic E-state index is 14.9. The Hall–Kier alpha value is -4.41. The number of fused-ring (bicyclic) bond motifs is 2. The van der Waals surface area contributed by atoms with Crippen molar-refractivity contribution < 1.29 is 99.4 Å². The van der Waals surface area contributed by atoms with Crippen molar-refractivity contribution in [1.82, 2.24) is 0 Å². The summed E-state index contributed by atoms with van der Waals surface area (Å²) in [6, 6.07) is 19.2. The summed E-state index contributed by atoms with van der Waals surface area (Å²) in [5.41, 5.74) is -9.68. The fourth-order valence-corrected chi connectivity index (χ4v) is 26.0. The van der Waals surface area contributed by atoms with Gasteiger partial charge in [-0.3, -0.25) is 4.79 Å². The van der Waals surface area contributed by atoms with Gasteiger partial charge in [0, 0.05) is 54.8 Å². The van der Waals surface area contributed by atoms with Gasteiger partial charge in [0.1, 0.15) is 25.3 Å². The summed E-state index contributed by atoms with van der Waals surface area (Å²) in [6.45, 7) is 44.3. The molecule has 2 aromatic rings. The highest BCUT2D eigenvalue weighted by atomic mass is 31.2. The molecule has 0 radical (unpaired) electrons. The maximum absolute atomic E-state index is 14.9. The summed E-state index contributed by atoms with van der Waals surface area (Å²) in [6.07, 6.45) is -9.30. The molecule has 116 heavy (non-hydrogen) atoms. The molecule has 12 atom stereocenters. The zero-order valence-corrected chi connectivity index (χ0v) is 75.8. The molecule has 0 heterocycles. The Bertz CT molecular complexity index is 3900. The second kappa shape index (κ2) is 37.3. The fraction of sp³-hybridized carbons (Fsp3) is 0.700. The highest BCUT2D eigenvalue weighted by Gasteiger charge is 2.74. The molecule has 2 aromatic carbocycles. The van der Waals surface area contributed by atoms with E-state index in [0.29, 0.717) is 106 Å². The number of aliphatic hydroxyl groups excluding tert-OH is 1. The largest absolute Gasteiger partial charge is 0.438 e. The second-order valence-electron chi connectivity index (χ2n) is 39.7. The summed E-state index contributed by atoms with van der Waals surface area (Å²) in [7, 11) is -10.1. The van der Waals surface area contributed by atoms with Crippen LogP contribution in [0.1, 0.15) is 217 Å². The van der Waals surface area contributed by atoms with Crippen molar-refractivity contribution in [2.24, 2.45) is 45.3 Å². The molecule has 8 nitrogen and oxygen atoms in total. The number of Topliss-reactive ketones (excluding diaryl/α,β-unsaturated/α-hetero) is 1. The van der Waals surface area contributed by atoms with Crippen LogP contribution < -0.4 is 10.6 Å². The van der Waals surface area contributed by atoms with E-state index in [4.69, 9.17) is 13.3 Å². The lowest BCUT2D eigenvalue weighted by atomic mass is 9.55. The first-order chi connectivity index (χ1) is 52.7. The molecule has 0 saturated heterocycles. The molecule has 0 spiro atoms. The molecule has 8 rings (SSSR count). The fourth-order valence-electron chi connectivity index (χ4n) is 19.2. The zero-order chi connectivity index (χ0) is 88.1. The summed E-state index contributed by atoms with van der Waals surface area (Å²) in [5.74, 6) is 7.31. The van der Waals surface area contributed by atoms with Crippen LogP contribution in [0, 0.1) is 69.0 Å². The van der Waals surface area contributed by atoms with E-state index >= 15 is 0 Å². The van der Waals surface area contributed by atoms with Gasteiger partial charge in [-0.05, 0) is 255 Å². The van der Waals surface area contributed by atoms with E-state index in [1.54, 1.807) is 19.8 Å². The third-order valence-electron chi connectivity index (χ3n) is 25.9. The number of carbonyl (C=O) groups excluding carboxylic acids is 1. The summed E-state index contributed by atoms with van der Waals surface area (Å²) in [5, 5.41) is 31.6. The van der Waals surface area contributed by atoms with Crippen molar-refractivity contribution in [3.8, 4) is 23.7 Å². The first-order valence-electron chi connectivity index (χ1n) is 41.1. The van der Waals surface area contributed by atoms with Crippen molar-refractivity contribution in [2.45, 2.75) is 346 Å². The van der Waals surface area contributed by atoms with Crippen molar-refractivity contribution >= 4 is 48.5 Å². The van der Waals surface area contributed by atoms with Gasteiger partial charge in [-0.2, -0.15) is 52.7 Å². The van der Waals surface area contributed by atoms with Gasteiger partial charge in [0.15, 0.2) is 25.0 Å². The summed E-state index contributed by atoms with van der Waals surface area (Å²) in [4.78, 5) is 12.8. The molecule has 0 aliphatic heterocycles. The molecule has 0 bridgehead atoms. The number of aliphatic hydroxyl groups is 3. The third kappa shape index (κ3) is 24.7. The Morgan fingerprint density at radius 2 is 1.02 bits per heavy atom. The van der Waals surface area contributed by atoms with Gasteiger partial charge in [-0.25, -0.2) is 8.78 Å². The van der Waals surface area contributed by atoms with Crippen molar-refractivity contribution in [1.29, 1.82) is 0 Å². The van der Waals surface area contributed by atoms with E-state index in [0.717, 1.165) is 66.2 Å². The highest BCUT2D eigenvalue weighted by Crippen LogP contribution is 2.65. The minimum atomic E-state index is -6.01.